The number of carbonyl (C=O) groups excluding carboxylic acids is 1. The number of methoxy groups -OCH3 is 1. The minimum Gasteiger partial charge on any atom is -0.468 e. The van der Waals surface area contributed by atoms with Gasteiger partial charge in [0.1, 0.15) is 6.04 Å². The van der Waals surface area contributed by atoms with Crippen molar-refractivity contribution >= 4 is 5.97 Å². The van der Waals surface area contributed by atoms with E-state index in [0.29, 0.717) is 13.0 Å². The van der Waals surface area contributed by atoms with Crippen LogP contribution in [-0.2, 0) is 21.0 Å². The molecule has 1 N–H and O–H groups in total. The Morgan fingerprint density at radius 3 is 2.62 bits per heavy atom. The molecule has 0 saturated carbocycles. The third-order valence-corrected chi connectivity index (χ3v) is 2.20. The standard InChI is InChI=1S/C12H17NO3/c1-3-11(12(14)15-2)13-16-9-10-7-5-4-6-8-10/h4-8,11,13H,3,9H2,1-2H3. The van der Waals surface area contributed by atoms with Crippen molar-refractivity contribution in [3.05, 3.63) is 35.9 Å². The number of esters is 1. The molecule has 1 rings (SSSR count). The zero-order valence-corrected chi connectivity index (χ0v) is 9.60. The molecule has 0 aliphatic heterocycles. The molecule has 1 aromatic rings. The van der Waals surface area contributed by atoms with Crippen molar-refractivity contribution in [1.82, 2.24) is 5.48 Å². The van der Waals surface area contributed by atoms with Crippen LogP contribution in [0.2, 0.25) is 0 Å². The Kier molecular flexibility index (Phi) is 5.53. The Morgan fingerprint density at radius 1 is 1.38 bits per heavy atom. The summed E-state index contributed by atoms with van der Waals surface area (Å²) in [4.78, 5) is 16.5. The third-order valence-electron chi connectivity index (χ3n) is 2.20. The Balaban J connectivity index is 2.31. The minimum atomic E-state index is -0.409. The number of rotatable bonds is 6. The summed E-state index contributed by atoms with van der Waals surface area (Å²) in [5, 5.41) is 0. The van der Waals surface area contributed by atoms with Crippen LogP contribution < -0.4 is 5.48 Å². The predicted molar refractivity (Wildman–Crippen MR) is 60.5 cm³/mol. The van der Waals surface area contributed by atoms with Crippen LogP contribution in [-0.4, -0.2) is 19.1 Å². The average Bonchev–Trinajstić information content (AvgIpc) is 2.35. The van der Waals surface area contributed by atoms with Crippen LogP contribution in [0.5, 0.6) is 0 Å². The van der Waals surface area contributed by atoms with Gasteiger partial charge < -0.3 is 4.74 Å². The van der Waals surface area contributed by atoms with Crippen molar-refractivity contribution in [1.29, 1.82) is 0 Å². The van der Waals surface area contributed by atoms with E-state index in [1.165, 1.54) is 7.11 Å². The average molecular weight is 223 g/mol. The van der Waals surface area contributed by atoms with Crippen molar-refractivity contribution in [2.75, 3.05) is 7.11 Å². The van der Waals surface area contributed by atoms with Crippen LogP contribution >= 0.6 is 0 Å². The van der Waals surface area contributed by atoms with Crippen molar-refractivity contribution in [2.45, 2.75) is 26.0 Å². The van der Waals surface area contributed by atoms with Crippen LogP contribution in [0.1, 0.15) is 18.9 Å². The van der Waals surface area contributed by atoms with Gasteiger partial charge in [-0.3, -0.25) is 9.63 Å². The van der Waals surface area contributed by atoms with Gasteiger partial charge in [0, 0.05) is 0 Å². The maximum atomic E-state index is 11.2. The maximum Gasteiger partial charge on any atom is 0.325 e. The molecule has 1 unspecified atom stereocenters. The van der Waals surface area contributed by atoms with Crippen LogP contribution in [0, 0.1) is 0 Å². The molecule has 1 aromatic carbocycles. The van der Waals surface area contributed by atoms with Gasteiger partial charge in [-0.2, -0.15) is 5.48 Å². The first-order valence-corrected chi connectivity index (χ1v) is 5.27. The Bertz CT molecular complexity index is 313. The summed E-state index contributed by atoms with van der Waals surface area (Å²) in [5.41, 5.74) is 3.74. The normalized spacial score (nSPS) is 12.1. The van der Waals surface area contributed by atoms with Gasteiger partial charge in [0.15, 0.2) is 0 Å². The van der Waals surface area contributed by atoms with Gasteiger partial charge in [-0.25, -0.2) is 0 Å². The third kappa shape index (κ3) is 4.00. The summed E-state index contributed by atoms with van der Waals surface area (Å²) in [6, 6.07) is 9.34. The second-order valence-corrected chi connectivity index (χ2v) is 3.38. The second kappa shape index (κ2) is 6.98. The molecule has 0 aliphatic rings. The lowest BCUT2D eigenvalue weighted by Gasteiger charge is -2.14. The highest BCUT2D eigenvalue weighted by Crippen LogP contribution is 2.00. The van der Waals surface area contributed by atoms with E-state index in [1.807, 2.05) is 37.3 Å². The van der Waals surface area contributed by atoms with Gasteiger partial charge in [0.05, 0.1) is 13.7 Å². The van der Waals surface area contributed by atoms with E-state index >= 15 is 0 Å². The van der Waals surface area contributed by atoms with E-state index in [1.54, 1.807) is 0 Å². The van der Waals surface area contributed by atoms with Crippen molar-refractivity contribution in [3.8, 4) is 0 Å². The van der Waals surface area contributed by atoms with Crippen LogP contribution in [0.15, 0.2) is 30.3 Å². The molecule has 4 nitrogen and oxygen atoms in total. The lowest BCUT2D eigenvalue weighted by Crippen LogP contribution is -2.36. The molecule has 0 bridgehead atoms. The summed E-state index contributed by atoms with van der Waals surface area (Å²) in [7, 11) is 1.36. The van der Waals surface area contributed by atoms with Crippen molar-refractivity contribution in [2.24, 2.45) is 0 Å². The van der Waals surface area contributed by atoms with Crippen molar-refractivity contribution in [3.63, 3.8) is 0 Å². The number of hydroxylamine groups is 1. The quantitative estimate of drug-likeness (QED) is 0.588. The number of hydrogen-bond donors (Lipinski definition) is 1. The fraction of sp³-hybridized carbons (Fsp3) is 0.417. The first kappa shape index (κ1) is 12.7. The second-order valence-electron chi connectivity index (χ2n) is 3.38. The SMILES string of the molecule is CCC(NOCc1ccccc1)C(=O)OC. The molecular formula is C12H17NO3. The van der Waals surface area contributed by atoms with Crippen LogP contribution in [0.25, 0.3) is 0 Å². The topological polar surface area (TPSA) is 47.6 Å². The number of benzene rings is 1. The molecule has 0 spiro atoms. The maximum absolute atomic E-state index is 11.2. The summed E-state index contributed by atoms with van der Waals surface area (Å²) < 4.78 is 4.62. The van der Waals surface area contributed by atoms with Gasteiger partial charge in [-0.05, 0) is 12.0 Å². The van der Waals surface area contributed by atoms with Gasteiger partial charge >= 0.3 is 5.97 Å². The smallest absolute Gasteiger partial charge is 0.325 e. The monoisotopic (exact) mass is 223 g/mol. The molecule has 0 amide bonds. The van der Waals surface area contributed by atoms with Gasteiger partial charge in [-0.15, -0.1) is 0 Å². The molecule has 0 aromatic heterocycles. The number of ether oxygens (including phenoxy) is 1. The van der Waals surface area contributed by atoms with Gasteiger partial charge in [0.25, 0.3) is 0 Å². The molecule has 0 heterocycles. The van der Waals surface area contributed by atoms with Gasteiger partial charge in [0.2, 0.25) is 0 Å². The molecule has 16 heavy (non-hydrogen) atoms. The number of hydrogen-bond acceptors (Lipinski definition) is 4. The van der Waals surface area contributed by atoms with E-state index in [-0.39, 0.29) is 5.97 Å². The van der Waals surface area contributed by atoms with E-state index in [0.717, 1.165) is 5.56 Å². The zero-order valence-electron chi connectivity index (χ0n) is 9.60. The summed E-state index contributed by atoms with van der Waals surface area (Å²) in [6.45, 7) is 2.31. The lowest BCUT2D eigenvalue weighted by molar-refractivity contribution is -0.148. The molecule has 4 heteroatoms. The molecule has 0 saturated heterocycles. The van der Waals surface area contributed by atoms with E-state index < -0.39 is 6.04 Å². The predicted octanol–water partition coefficient (Wildman–Crippen LogP) is 1.66. The van der Waals surface area contributed by atoms with Crippen LogP contribution in [0.3, 0.4) is 0 Å². The summed E-state index contributed by atoms with van der Waals surface area (Å²) in [5.74, 6) is -0.310. The van der Waals surface area contributed by atoms with Crippen molar-refractivity contribution < 1.29 is 14.4 Å². The molecule has 0 fully saturated rings. The highest BCUT2D eigenvalue weighted by Gasteiger charge is 2.16. The number of nitrogens with one attached hydrogen (secondary N) is 1. The largest absolute Gasteiger partial charge is 0.468 e. The fourth-order valence-corrected chi connectivity index (χ4v) is 1.24. The van der Waals surface area contributed by atoms with E-state index in [9.17, 15) is 4.79 Å². The molecule has 88 valence electrons. The minimum absolute atomic E-state index is 0.310. The summed E-state index contributed by atoms with van der Waals surface area (Å²) >= 11 is 0. The molecular weight excluding hydrogens is 206 g/mol. The van der Waals surface area contributed by atoms with E-state index in [4.69, 9.17) is 4.84 Å². The van der Waals surface area contributed by atoms with Gasteiger partial charge in [-0.1, -0.05) is 37.3 Å². The lowest BCUT2D eigenvalue weighted by atomic mass is 10.2. The highest BCUT2D eigenvalue weighted by atomic mass is 16.6. The number of carbonyl (C=O) groups is 1. The molecule has 0 aliphatic carbocycles. The van der Waals surface area contributed by atoms with Crippen LogP contribution in [0.4, 0.5) is 0 Å². The first-order chi connectivity index (χ1) is 7.77. The Hall–Kier alpha value is -1.39. The zero-order chi connectivity index (χ0) is 11.8. The first-order valence-electron chi connectivity index (χ1n) is 5.27. The Labute approximate surface area is 95.5 Å². The molecule has 0 radical (unpaired) electrons. The highest BCUT2D eigenvalue weighted by molar-refractivity contribution is 5.75. The van der Waals surface area contributed by atoms with E-state index in [2.05, 4.69) is 10.2 Å². The summed E-state index contributed by atoms with van der Waals surface area (Å²) in [6.07, 6.45) is 0.626. The fourth-order valence-electron chi connectivity index (χ4n) is 1.24. The molecule has 1 atom stereocenters. The Morgan fingerprint density at radius 2 is 2.06 bits per heavy atom.